The SMILES string of the molecule is CN(CCNCCc1cccs1)CCc1ccccc1. The molecule has 0 atom stereocenters. The summed E-state index contributed by atoms with van der Waals surface area (Å²) in [6.45, 7) is 4.37. The maximum Gasteiger partial charge on any atom is 0.0104 e. The Morgan fingerprint density at radius 1 is 0.950 bits per heavy atom. The van der Waals surface area contributed by atoms with Gasteiger partial charge in [0.1, 0.15) is 0 Å². The van der Waals surface area contributed by atoms with Gasteiger partial charge in [0, 0.05) is 31.1 Å². The van der Waals surface area contributed by atoms with Gasteiger partial charge in [-0.05, 0) is 36.9 Å². The third kappa shape index (κ3) is 5.87. The van der Waals surface area contributed by atoms with Crippen LogP contribution in [-0.4, -0.2) is 38.1 Å². The molecule has 2 rings (SSSR count). The molecule has 1 N–H and O–H groups in total. The summed E-state index contributed by atoms with van der Waals surface area (Å²) in [5.41, 5.74) is 1.42. The Balaban J connectivity index is 1.51. The number of nitrogens with zero attached hydrogens (tertiary/aromatic N) is 1. The second kappa shape index (κ2) is 8.90. The van der Waals surface area contributed by atoms with Crippen molar-refractivity contribution >= 4 is 11.3 Å². The van der Waals surface area contributed by atoms with E-state index in [1.165, 1.54) is 10.4 Å². The highest BCUT2D eigenvalue weighted by molar-refractivity contribution is 7.09. The zero-order valence-corrected chi connectivity index (χ0v) is 13.0. The Morgan fingerprint density at radius 2 is 1.80 bits per heavy atom. The molecule has 0 amide bonds. The van der Waals surface area contributed by atoms with E-state index in [1.807, 2.05) is 11.3 Å². The van der Waals surface area contributed by atoms with Crippen molar-refractivity contribution in [2.24, 2.45) is 0 Å². The van der Waals surface area contributed by atoms with Crippen molar-refractivity contribution in [2.75, 3.05) is 33.2 Å². The van der Waals surface area contributed by atoms with Crippen LogP contribution >= 0.6 is 11.3 Å². The first kappa shape index (κ1) is 15.2. The maximum atomic E-state index is 3.52. The third-order valence-corrected chi connectivity index (χ3v) is 4.36. The van der Waals surface area contributed by atoms with Crippen LogP contribution in [0.15, 0.2) is 47.8 Å². The molecule has 0 aliphatic rings. The summed E-state index contributed by atoms with van der Waals surface area (Å²) in [5.74, 6) is 0. The molecular weight excluding hydrogens is 264 g/mol. The molecule has 0 spiro atoms. The van der Waals surface area contributed by atoms with Crippen LogP contribution in [0.25, 0.3) is 0 Å². The summed E-state index contributed by atoms with van der Waals surface area (Å²) < 4.78 is 0. The van der Waals surface area contributed by atoms with E-state index < -0.39 is 0 Å². The second-order valence-electron chi connectivity index (χ2n) is 5.12. The molecule has 0 aliphatic carbocycles. The molecule has 0 saturated carbocycles. The second-order valence-corrected chi connectivity index (χ2v) is 6.15. The molecule has 108 valence electrons. The van der Waals surface area contributed by atoms with Gasteiger partial charge >= 0.3 is 0 Å². The predicted molar refractivity (Wildman–Crippen MR) is 88.5 cm³/mol. The molecule has 0 fully saturated rings. The first-order valence-corrected chi connectivity index (χ1v) is 8.18. The lowest BCUT2D eigenvalue weighted by atomic mass is 10.1. The number of likely N-dealkylation sites (N-methyl/N-ethyl adjacent to an activating group) is 1. The molecule has 0 aliphatic heterocycles. The van der Waals surface area contributed by atoms with E-state index in [4.69, 9.17) is 0 Å². The van der Waals surface area contributed by atoms with Crippen molar-refractivity contribution in [3.63, 3.8) is 0 Å². The van der Waals surface area contributed by atoms with Crippen molar-refractivity contribution in [2.45, 2.75) is 12.8 Å². The van der Waals surface area contributed by atoms with Gasteiger partial charge in [0.05, 0.1) is 0 Å². The van der Waals surface area contributed by atoms with Gasteiger partial charge in [-0.1, -0.05) is 36.4 Å². The quantitative estimate of drug-likeness (QED) is 0.714. The fraction of sp³-hybridized carbons (Fsp3) is 0.412. The van der Waals surface area contributed by atoms with Gasteiger partial charge in [-0.25, -0.2) is 0 Å². The number of benzene rings is 1. The molecule has 0 unspecified atom stereocenters. The van der Waals surface area contributed by atoms with Crippen LogP contribution in [0.3, 0.4) is 0 Å². The van der Waals surface area contributed by atoms with Crippen molar-refractivity contribution in [1.29, 1.82) is 0 Å². The fourth-order valence-corrected chi connectivity index (χ4v) is 2.85. The van der Waals surface area contributed by atoms with E-state index in [-0.39, 0.29) is 0 Å². The Bertz CT molecular complexity index is 453. The topological polar surface area (TPSA) is 15.3 Å². The van der Waals surface area contributed by atoms with Gasteiger partial charge in [-0.2, -0.15) is 0 Å². The standard InChI is InChI=1S/C17H24N2S/c1-19(13-10-16-6-3-2-4-7-16)14-12-18-11-9-17-8-5-15-20-17/h2-8,15,18H,9-14H2,1H3. The molecule has 20 heavy (non-hydrogen) atoms. The first-order valence-electron chi connectivity index (χ1n) is 7.30. The zero-order valence-electron chi connectivity index (χ0n) is 12.2. The number of thiophene rings is 1. The lowest BCUT2D eigenvalue weighted by Gasteiger charge is -2.16. The number of nitrogens with one attached hydrogen (secondary N) is 1. The van der Waals surface area contributed by atoms with Crippen molar-refractivity contribution in [3.05, 3.63) is 58.3 Å². The molecule has 1 aromatic carbocycles. The molecule has 1 heterocycles. The summed E-state index contributed by atoms with van der Waals surface area (Å²) >= 11 is 1.84. The van der Waals surface area contributed by atoms with Gasteiger partial charge in [-0.3, -0.25) is 0 Å². The fourth-order valence-electron chi connectivity index (χ4n) is 2.14. The van der Waals surface area contributed by atoms with Crippen LogP contribution in [0, 0.1) is 0 Å². The third-order valence-electron chi connectivity index (χ3n) is 3.42. The van der Waals surface area contributed by atoms with Crippen LogP contribution in [0.4, 0.5) is 0 Å². The molecule has 1 aromatic heterocycles. The van der Waals surface area contributed by atoms with E-state index >= 15 is 0 Å². The monoisotopic (exact) mass is 288 g/mol. The molecular formula is C17H24N2S. The van der Waals surface area contributed by atoms with E-state index in [0.29, 0.717) is 0 Å². The number of rotatable bonds is 9. The minimum absolute atomic E-state index is 1.07. The highest BCUT2D eigenvalue weighted by Gasteiger charge is 1.99. The number of hydrogen-bond acceptors (Lipinski definition) is 3. The van der Waals surface area contributed by atoms with E-state index in [9.17, 15) is 0 Å². The summed E-state index contributed by atoms with van der Waals surface area (Å²) in [4.78, 5) is 3.86. The first-order chi connectivity index (χ1) is 9.84. The minimum atomic E-state index is 1.07. The average molecular weight is 288 g/mol. The lowest BCUT2D eigenvalue weighted by molar-refractivity contribution is 0.336. The smallest absolute Gasteiger partial charge is 0.0104 e. The van der Waals surface area contributed by atoms with Crippen LogP contribution in [-0.2, 0) is 12.8 Å². The Morgan fingerprint density at radius 3 is 2.55 bits per heavy atom. The van der Waals surface area contributed by atoms with Crippen LogP contribution in [0.1, 0.15) is 10.4 Å². The molecule has 0 saturated heterocycles. The van der Waals surface area contributed by atoms with Crippen molar-refractivity contribution in [3.8, 4) is 0 Å². The maximum absolute atomic E-state index is 3.52. The summed E-state index contributed by atoms with van der Waals surface area (Å²) in [7, 11) is 2.20. The normalized spacial score (nSPS) is 11.1. The predicted octanol–water partition coefficient (Wildman–Crippen LogP) is 3.05. The van der Waals surface area contributed by atoms with Crippen LogP contribution < -0.4 is 5.32 Å². The zero-order chi connectivity index (χ0) is 14.0. The Hall–Kier alpha value is -1.16. The molecule has 0 radical (unpaired) electrons. The molecule has 2 nitrogen and oxygen atoms in total. The molecule has 2 aromatic rings. The van der Waals surface area contributed by atoms with Crippen LogP contribution in [0.2, 0.25) is 0 Å². The highest BCUT2D eigenvalue weighted by Crippen LogP contribution is 2.07. The van der Waals surface area contributed by atoms with Crippen LogP contribution in [0.5, 0.6) is 0 Å². The summed E-state index contributed by atoms with van der Waals surface area (Å²) in [6.07, 6.45) is 2.28. The van der Waals surface area contributed by atoms with Gasteiger partial charge in [0.15, 0.2) is 0 Å². The van der Waals surface area contributed by atoms with Crippen molar-refractivity contribution in [1.82, 2.24) is 10.2 Å². The van der Waals surface area contributed by atoms with Gasteiger partial charge < -0.3 is 10.2 Å². The Labute approximate surface area is 126 Å². The lowest BCUT2D eigenvalue weighted by Crippen LogP contribution is -2.31. The van der Waals surface area contributed by atoms with Gasteiger partial charge in [0.25, 0.3) is 0 Å². The van der Waals surface area contributed by atoms with E-state index in [2.05, 4.69) is 65.1 Å². The minimum Gasteiger partial charge on any atom is -0.315 e. The summed E-state index contributed by atoms with van der Waals surface area (Å²) in [5, 5.41) is 5.66. The van der Waals surface area contributed by atoms with Crippen molar-refractivity contribution < 1.29 is 0 Å². The molecule has 0 bridgehead atoms. The van der Waals surface area contributed by atoms with E-state index in [0.717, 1.165) is 39.0 Å². The van der Waals surface area contributed by atoms with Gasteiger partial charge in [0.2, 0.25) is 0 Å². The highest BCUT2D eigenvalue weighted by atomic mass is 32.1. The largest absolute Gasteiger partial charge is 0.315 e. The summed E-state index contributed by atoms with van der Waals surface area (Å²) in [6, 6.07) is 15.0. The van der Waals surface area contributed by atoms with Gasteiger partial charge in [-0.15, -0.1) is 11.3 Å². The Kier molecular flexibility index (Phi) is 6.78. The van der Waals surface area contributed by atoms with E-state index in [1.54, 1.807) is 0 Å². The molecule has 3 heteroatoms. The average Bonchev–Trinajstić information content (AvgIpc) is 2.99. The number of hydrogen-bond donors (Lipinski definition) is 1.